The predicted octanol–water partition coefficient (Wildman–Crippen LogP) is -0.490. The number of sulfone groups is 1. The Morgan fingerprint density at radius 3 is 2.77 bits per heavy atom. The number of amides is 2. The molecule has 0 aromatic carbocycles. The number of aromatic nitrogens is 2. The number of rotatable bonds is 5. The molecule has 0 saturated carbocycles. The Balaban J connectivity index is 1.64. The van der Waals surface area contributed by atoms with Crippen LogP contribution in [-0.4, -0.2) is 48.1 Å². The predicted molar refractivity (Wildman–Crippen MR) is 81.3 cm³/mol. The summed E-state index contributed by atoms with van der Waals surface area (Å²) < 4.78 is 24.1. The van der Waals surface area contributed by atoms with Gasteiger partial charge in [0, 0.05) is 31.5 Å². The van der Waals surface area contributed by atoms with Gasteiger partial charge in [0.15, 0.2) is 0 Å². The highest BCUT2D eigenvalue weighted by Gasteiger charge is 2.24. The molecule has 0 spiro atoms. The van der Waals surface area contributed by atoms with E-state index in [1.165, 1.54) is 10.8 Å². The minimum Gasteiger partial charge on any atom is -0.338 e. The minimum atomic E-state index is -2.92. The lowest BCUT2D eigenvalue weighted by molar-refractivity contribution is 0.235. The highest BCUT2D eigenvalue weighted by molar-refractivity contribution is 7.91. The van der Waals surface area contributed by atoms with Crippen LogP contribution < -0.4 is 16.3 Å². The normalized spacial score (nSPS) is 17.8. The summed E-state index contributed by atoms with van der Waals surface area (Å²) in [6.07, 6.45) is 4.62. The first-order chi connectivity index (χ1) is 10.5. The molecule has 0 bridgehead atoms. The van der Waals surface area contributed by atoms with Gasteiger partial charge in [0.1, 0.15) is 9.84 Å². The summed E-state index contributed by atoms with van der Waals surface area (Å²) in [4.78, 5) is 26.7. The lowest BCUT2D eigenvalue weighted by atomic mass is 10.2. The van der Waals surface area contributed by atoms with Crippen molar-refractivity contribution in [2.45, 2.75) is 31.8 Å². The summed E-state index contributed by atoms with van der Waals surface area (Å²) in [5.41, 5.74) is -0.310. The summed E-state index contributed by atoms with van der Waals surface area (Å²) >= 11 is 0. The van der Waals surface area contributed by atoms with Gasteiger partial charge in [-0.15, -0.1) is 0 Å². The molecule has 2 heterocycles. The topological polar surface area (TPSA) is 110 Å². The molecule has 0 unspecified atom stereocenters. The molecular weight excluding hydrogens is 308 g/mol. The Kier molecular flexibility index (Phi) is 5.53. The number of nitrogens with one attached hydrogen (secondary N) is 2. The fourth-order valence-electron chi connectivity index (χ4n) is 2.28. The molecule has 1 aromatic heterocycles. The Bertz CT molecular complexity index is 657. The van der Waals surface area contributed by atoms with Gasteiger partial charge in [-0.3, -0.25) is 4.57 Å². The lowest BCUT2D eigenvalue weighted by Crippen LogP contribution is -2.45. The van der Waals surface area contributed by atoms with E-state index in [0.717, 1.165) is 0 Å². The number of hydrogen-bond donors (Lipinski definition) is 2. The van der Waals surface area contributed by atoms with E-state index >= 15 is 0 Å². The van der Waals surface area contributed by atoms with Gasteiger partial charge in [-0.1, -0.05) is 0 Å². The maximum Gasteiger partial charge on any atom is 0.347 e. The van der Waals surface area contributed by atoms with Gasteiger partial charge < -0.3 is 10.6 Å². The highest BCUT2D eigenvalue weighted by Crippen LogP contribution is 2.11. The van der Waals surface area contributed by atoms with Gasteiger partial charge in [-0.05, 0) is 25.3 Å². The molecule has 8 nitrogen and oxygen atoms in total. The Morgan fingerprint density at radius 2 is 2.09 bits per heavy atom. The molecule has 0 aliphatic carbocycles. The zero-order valence-electron chi connectivity index (χ0n) is 12.2. The van der Waals surface area contributed by atoms with Crippen molar-refractivity contribution in [1.82, 2.24) is 20.2 Å². The first-order valence-electron chi connectivity index (χ1n) is 7.22. The van der Waals surface area contributed by atoms with Gasteiger partial charge in [-0.2, -0.15) is 0 Å². The second-order valence-corrected chi connectivity index (χ2v) is 7.58. The molecule has 9 heteroatoms. The summed E-state index contributed by atoms with van der Waals surface area (Å²) in [6, 6.07) is 1.28. The van der Waals surface area contributed by atoms with Crippen LogP contribution in [0.25, 0.3) is 0 Å². The van der Waals surface area contributed by atoms with Gasteiger partial charge >= 0.3 is 11.7 Å². The molecule has 1 aliphatic rings. The third-order valence-electron chi connectivity index (χ3n) is 3.53. The Labute approximate surface area is 128 Å². The Morgan fingerprint density at radius 1 is 1.36 bits per heavy atom. The zero-order chi connectivity index (χ0) is 16.0. The van der Waals surface area contributed by atoms with Gasteiger partial charge in [0.25, 0.3) is 0 Å². The summed E-state index contributed by atoms with van der Waals surface area (Å²) in [5, 5.41) is 5.48. The van der Waals surface area contributed by atoms with Crippen molar-refractivity contribution in [3.8, 4) is 0 Å². The number of aryl methyl sites for hydroxylation is 1. The van der Waals surface area contributed by atoms with Crippen molar-refractivity contribution in [3.05, 3.63) is 28.9 Å². The number of carbonyl (C=O) groups excluding carboxylic acids is 1. The first-order valence-corrected chi connectivity index (χ1v) is 9.05. The molecule has 1 saturated heterocycles. The molecule has 0 atom stereocenters. The van der Waals surface area contributed by atoms with Gasteiger partial charge in [-0.25, -0.2) is 23.0 Å². The standard InChI is InChI=1S/C13H20N4O4S/c18-12(16-11-3-9-22(20,21)10-4-11)14-5-1-7-17-8-2-6-15-13(17)19/h2,6,8,11H,1,3-5,7,9-10H2,(H2,14,16,18). The lowest BCUT2D eigenvalue weighted by Gasteiger charge is -2.23. The molecule has 2 amide bonds. The average Bonchev–Trinajstić information content (AvgIpc) is 2.47. The minimum absolute atomic E-state index is 0.0931. The third kappa shape index (κ3) is 5.14. The molecule has 22 heavy (non-hydrogen) atoms. The van der Waals surface area contributed by atoms with Crippen molar-refractivity contribution in [2.24, 2.45) is 0 Å². The van der Waals surface area contributed by atoms with Crippen LogP contribution in [0.5, 0.6) is 0 Å². The van der Waals surface area contributed by atoms with Crippen LogP contribution in [0.2, 0.25) is 0 Å². The van der Waals surface area contributed by atoms with E-state index in [4.69, 9.17) is 0 Å². The van der Waals surface area contributed by atoms with E-state index in [-0.39, 0.29) is 29.3 Å². The molecule has 0 radical (unpaired) electrons. The molecule has 2 N–H and O–H groups in total. The van der Waals surface area contributed by atoms with Crippen molar-refractivity contribution in [3.63, 3.8) is 0 Å². The van der Waals surface area contributed by atoms with Crippen molar-refractivity contribution < 1.29 is 13.2 Å². The van der Waals surface area contributed by atoms with Gasteiger partial charge in [0.05, 0.1) is 11.5 Å². The van der Waals surface area contributed by atoms with Gasteiger partial charge in [0.2, 0.25) is 0 Å². The van der Waals surface area contributed by atoms with Crippen LogP contribution >= 0.6 is 0 Å². The van der Waals surface area contributed by atoms with Crippen LogP contribution in [0.3, 0.4) is 0 Å². The number of carbonyl (C=O) groups is 1. The van der Waals surface area contributed by atoms with Crippen LogP contribution in [-0.2, 0) is 16.4 Å². The van der Waals surface area contributed by atoms with Crippen molar-refractivity contribution in [2.75, 3.05) is 18.1 Å². The molecule has 122 valence electrons. The number of urea groups is 1. The van der Waals surface area contributed by atoms with Crippen molar-refractivity contribution in [1.29, 1.82) is 0 Å². The van der Waals surface area contributed by atoms with E-state index < -0.39 is 9.84 Å². The molecular formula is C13H20N4O4S. The zero-order valence-corrected chi connectivity index (χ0v) is 13.0. The first kappa shape index (κ1) is 16.5. The van der Waals surface area contributed by atoms with Crippen LogP contribution in [0, 0.1) is 0 Å². The van der Waals surface area contributed by atoms with E-state index in [0.29, 0.717) is 32.4 Å². The highest BCUT2D eigenvalue weighted by atomic mass is 32.2. The van der Waals surface area contributed by atoms with E-state index in [1.807, 2.05) is 0 Å². The molecule has 2 rings (SSSR count). The maximum absolute atomic E-state index is 11.7. The van der Waals surface area contributed by atoms with E-state index in [1.54, 1.807) is 12.3 Å². The van der Waals surface area contributed by atoms with Crippen LogP contribution in [0.4, 0.5) is 4.79 Å². The summed E-state index contributed by atoms with van der Waals surface area (Å²) in [6.45, 7) is 0.910. The molecule has 1 aromatic rings. The third-order valence-corrected chi connectivity index (χ3v) is 5.25. The largest absolute Gasteiger partial charge is 0.347 e. The summed E-state index contributed by atoms with van der Waals surface area (Å²) in [5.74, 6) is 0.254. The average molecular weight is 328 g/mol. The fourth-order valence-corrected chi connectivity index (χ4v) is 3.77. The Hall–Kier alpha value is -1.90. The SMILES string of the molecule is O=C(NCCCn1cccnc1=O)NC1CCS(=O)(=O)CC1. The monoisotopic (exact) mass is 328 g/mol. The smallest absolute Gasteiger partial charge is 0.338 e. The fraction of sp³-hybridized carbons (Fsp3) is 0.615. The van der Waals surface area contributed by atoms with Crippen molar-refractivity contribution >= 4 is 15.9 Å². The number of nitrogens with zero attached hydrogens (tertiary/aromatic N) is 2. The quantitative estimate of drug-likeness (QED) is 0.709. The van der Waals surface area contributed by atoms with Crippen LogP contribution in [0.1, 0.15) is 19.3 Å². The van der Waals surface area contributed by atoms with E-state index in [9.17, 15) is 18.0 Å². The second kappa shape index (κ2) is 7.39. The molecule has 1 aliphatic heterocycles. The number of hydrogen-bond acceptors (Lipinski definition) is 5. The molecule has 1 fully saturated rings. The second-order valence-electron chi connectivity index (χ2n) is 5.28. The van der Waals surface area contributed by atoms with E-state index in [2.05, 4.69) is 15.6 Å². The summed E-state index contributed by atoms with van der Waals surface area (Å²) in [7, 11) is -2.92. The van der Waals surface area contributed by atoms with Crippen LogP contribution in [0.15, 0.2) is 23.3 Å². The maximum atomic E-state index is 11.7.